The molecule has 0 saturated heterocycles. The van der Waals surface area contributed by atoms with Crippen LogP contribution in [0.1, 0.15) is 5.56 Å². The van der Waals surface area contributed by atoms with Crippen LogP contribution in [0.15, 0.2) is 55.4 Å². The fourth-order valence-electron chi connectivity index (χ4n) is 3.58. The summed E-state index contributed by atoms with van der Waals surface area (Å²) in [5.41, 5.74) is 2.51. The van der Waals surface area contributed by atoms with Crippen LogP contribution in [0, 0.1) is 0 Å². The average molecular weight is 434 g/mol. The maximum absolute atomic E-state index is 12.3. The first-order valence-electron chi connectivity index (χ1n) is 10.5. The Morgan fingerprint density at radius 1 is 1.31 bits per heavy atom. The minimum Gasteiger partial charge on any atom is -0.492 e. The molecule has 3 aromatic rings. The molecule has 166 valence electrons. The van der Waals surface area contributed by atoms with Crippen molar-refractivity contribution in [3.05, 3.63) is 60.9 Å². The Morgan fingerprint density at radius 2 is 2.19 bits per heavy atom. The predicted octanol–water partition coefficient (Wildman–Crippen LogP) is 3.09. The van der Waals surface area contributed by atoms with E-state index in [1.165, 1.54) is 12.4 Å². The van der Waals surface area contributed by atoms with E-state index in [9.17, 15) is 4.79 Å². The zero-order valence-electron chi connectivity index (χ0n) is 18.4. The number of hydrogen-bond acceptors (Lipinski definition) is 7. The third-order valence-corrected chi connectivity index (χ3v) is 5.19. The van der Waals surface area contributed by atoms with E-state index in [0.717, 1.165) is 28.8 Å². The summed E-state index contributed by atoms with van der Waals surface area (Å²) in [6, 6.07) is 11.7. The summed E-state index contributed by atoms with van der Waals surface area (Å²) in [5.74, 6) is 1.93. The molecule has 2 aromatic carbocycles. The molecule has 0 atom stereocenters. The highest BCUT2D eigenvalue weighted by molar-refractivity contribution is 6.07. The Bertz CT molecular complexity index is 1130. The summed E-state index contributed by atoms with van der Waals surface area (Å²) < 4.78 is 11.8. The van der Waals surface area contributed by atoms with E-state index >= 15 is 0 Å². The summed E-state index contributed by atoms with van der Waals surface area (Å²) in [7, 11) is 4.04. The number of anilines is 2. The first-order chi connectivity index (χ1) is 15.6. The Kier molecular flexibility index (Phi) is 6.51. The number of likely N-dealkylation sites (N-methyl/N-ethyl adjacent to an activating group) is 1. The summed E-state index contributed by atoms with van der Waals surface area (Å²) in [6.45, 7) is 6.51. The van der Waals surface area contributed by atoms with E-state index in [1.54, 1.807) is 4.90 Å². The van der Waals surface area contributed by atoms with Gasteiger partial charge in [-0.3, -0.25) is 4.79 Å². The SMILES string of the molecule is C=CC(=O)N1CCOc2c1ccc1ncnc(NCc3cccc(OCCN(C)C)c3)c21. The second-order valence-electron chi connectivity index (χ2n) is 7.73. The Hall–Kier alpha value is -3.65. The number of amides is 1. The molecule has 8 heteroatoms. The number of rotatable bonds is 8. The van der Waals surface area contributed by atoms with Crippen molar-refractivity contribution in [2.24, 2.45) is 0 Å². The van der Waals surface area contributed by atoms with Crippen LogP contribution in [0.3, 0.4) is 0 Å². The number of nitrogens with zero attached hydrogens (tertiary/aromatic N) is 4. The Balaban J connectivity index is 1.58. The van der Waals surface area contributed by atoms with Crippen LogP contribution in [0.25, 0.3) is 10.9 Å². The zero-order chi connectivity index (χ0) is 22.5. The summed E-state index contributed by atoms with van der Waals surface area (Å²) >= 11 is 0. The molecule has 1 aromatic heterocycles. The van der Waals surface area contributed by atoms with Crippen molar-refractivity contribution in [1.82, 2.24) is 14.9 Å². The molecule has 0 radical (unpaired) electrons. The molecule has 2 heterocycles. The molecule has 1 N–H and O–H groups in total. The molecule has 0 bridgehead atoms. The summed E-state index contributed by atoms with van der Waals surface area (Å²) in [4.78, 5) is 24.9. The third-order valence-electron chi connectivity index (χ3n) is 5.19. The lowest BCUT2D eigenvalue weighted by molar-refractivity contribution is -0.114. The van der Waals surface area contributed by atoms with Crippen LogP contribution in [0.2, 0.25) is 0 Å². The first-order valence-corrected chi connectivity index (χ1v) is 10.5. The first kappa shape index (κ1) is 21.6. The number of nitrogens with one attached hydrogen (secondary N) is 1. The van der Waals surface area contributed by atoms with Crippen molar-refractivity contribution in [3.8, 4) is 11.5 Å². The van der Waals surface area contributed by atoms with Gasteiger partial charge >= 0.3 is 0 Å². The maximum atomic E-state index is 12.3. The molecule has 0 unspecified atom stereocenters. The molecular formula is C24H27N5O3. The van der Waals surface area contributed by atoms with Gasteiger partial charge in [-0.1, -0.05) is 18.7 Å². The maximum Gasteiger partial charge on any atom is 0.250 e. The fraction of sp³-hybridized carbons (Fsp3) is 0.292. The van der Waals surface area contributed by atoms with E-state index in [4.69, 9.17) is 9.47 Å². The van der Waals surface area contributed by atoms with Crippen LogP contribution in [0.4, 0.5) is 11.5 Å². The highest BCUT2D eigenvalue weighted by atomic mass is 16.5. The molecule has 0 spiro atoms. The minimum absolute atomic E-state index is 0.161. The second kappa shape index (κ2) is 9.65. The van der Waals surface area contributed by atoms with Gasteiger partial charge in [0.05, 0.1) is 23.1 Å². The number of ether oxygens (including phenoxy) is 2. The second-order valence-corrected chi connectivity index (χ2v) is 7.73. The van der Waals surface area contributed by atoms with Crippen molar-refractivity contribution in [1.29, 1.82) is 0 Å². The van der Waals surface area contributed by atoms with Crippen LogP contribution in [-0.4, -0.2) is 61.2 Å². The number of carbonyl (C=O) groups excluding carboxylic acids is 1. The van der Waals surface area contributed by atoms with E-state index in [-0.39, 0.29) is 5.91 Å². The highest BCUT2D eigenvalue weighted by Gasteiger charge is 2.25. The van der Waals surface area contributed by atoms with Crippen molar-refractivity contribution >= 4 is 28.3 Å². The van der Waals surface area contributed by atoms with Gasteiger partial charge in [0.25, 0.3) is 5.91 Å². The highest BCUT2D eigenvalue weighted by Crippen LogP contribution is 2.40. The van der Waals surface area contributed by atoms with Crippen molar-refractivity contribution in [3.63, 3.8) is 0 Å². The van der Waals surface area contributed by atoms with Crippen LogP contribution < -0.4 is 19.7 Å². The lowest BCUT2D eigenvalue weighted by atomic mass is 10.1. The van der Waals surface area contributed by atoms with E-state index in [2.05, 4.69) is 26.8 Å². The van der Waals surface area contributed by atoms with Gasteiger partial charge in [0.1, 0.15) is 31.1 Å². The van der Waals surface area contributed by atoms with Crippen LogP contribution in [0.5, 0.6) is 11.5 Å². The standard InChI is InChI=1S/C24H27N5O3/c1-4-21(30)29-11-13-32-23-20(29)9-8-19-22(23)24(27-16-26-19)25-15-17-6-5-7-18(14-17)31-12-10-28(2)3/h4-9,14,16H,1,10-13,15H2,2-3H3,(H,25,26,27). The fourth-order valence-corrected chi connectivity index (χ4v) is 3.58. The van der Waals surface area contributed by atoms with Crippen molar-refractivity contribution in [2.75, 3.05) is 50.6 Å². The summed E-state index contributed by atoms with van der Waals surface area (Å²) in [5, 5.41) is 4.15. The van der Waals surface area contributed by atoms with Crippen molar-refractivity contribution < 1.29 is 14.3 Å². The topological polar surface area (TPSA) is 79.8 Å². The van der Waals surface area contributed by atoms with Gasteiger partial charge in [0.15, 0.2) is 5.75 Å². The largest absolute Gasteiger partial charge is 0.492 e. The summed E-state index contributed by atoms with van der Waals surface area (Å²) in [6.07, 6.45) is 2.83. The predicted molar refractivity (Wildman–Crippen MR) is 125 cm³/mol. The molecule has 0 fully saturated rings. The lowest BCUT2D eigenvalue weighted by Crippen LogP contribution is -2.36. The van der Waals surface area contributed by atoms with Gasteiger partial charge < -0.3 is 24.6 Å². The Labute approximate surface area is 187 Å². The van der Waals surface area contributed by atoms with Gasteiger partial charge in [0, 0.05) is 13.1 Å². The van der Waals surface area contributed by atoms with E-state index < -0.39 is 0 Å². The molecule has 1 amide bonds. The van der Waals surface area contributed by atoms with Gasteiger partial charge in [-0.2, -0.15) is 0 Å². The number of benzene rings is 2. The molecule has 1 aliphatic heterocycles. The Morgan fingerprint density at radius 3 is 3.00 bits per heavy atom. The van der Waals surface area contributed by atoms with Gasteiger partial charge in [-0.05, 0) is 50.0 Å². The average Bonchev–Trinajstić information content (AvgIpc) is 2.81. The van der Waals surface area contributed by atoms with Gasteiger partial charge in [0.2, 0.25) is 0 Å². The smallest absolute Gasteiger partial charge is 0.250 e. The van der Waals surface area contributed by atoms with E-state index in [1.807, 2.05) is 50.5 Å². The molecule has 1 aliphatic rings. The third kappa shape index (κ3) is 4.65. The quantitative estimate of drug-likeness (QED) is 0.547. The van der Waals surface area contributed by atoms with Crippen LogP contribution >= 0.6 is 0 Å². The number of fused-ring (bicyclic) bond motifs is 3. The number of carbonyl (C=O) groups is 1. The molecule has 0 saturated carbocycles. The number of aromatic nitrogens is 2. The van der Waals surface area contributed by atoms with Gasteiger partial charge in [-0.25, -0.2) is 9.97 Å². The lowest BCUT2D eigenvalue weighted by Gasteiger charge is -2.29. The van der Waals surface area contributed by atoms with Crippen molar-refractivity contribution in [2.45, 2.75) is 6.54 Å². The molecule has 4 rings (SSSR count). The molecule has 32 heavy (non-hydrogen) atoms. The molecular weight excluding hydrogens is 406 g/mol. The minimum atomic E-state index is -0.161. The normalized spacial score (nSPS) is 12.9. The monoisotopic (exact) mass is 433 g/mol. The van der Waals surface area contributed by atoms with Gasteiger partial charge in [-0.15, -0.1) is 0 Å². The van der Waals surface area contributed by atoms with Crippen LogP contribution in [-0.2, 0) is 11.3 Å². The molecule has 0 aliphatic carbocycles. The molecule has 8 nitrogen and oxygen atoms in total. The van der Waals surface area contributed by atoms with E-state index in [0.29, 0.717) is 43.6 Å². The number of hydrogen-bond donors (Lipinski definition) is 1. The zero-order valence-corrected chi connectivity index (χ0v) is 18.4.